The lowest BCUT2D eigenvalue weighted by Gasteiger charge is -2.20. The summed E-state index contributed by atoms with van der Waals surface area (Å²) in [7, 11) is 0. The van der Waals surface area contributed by atoms with E-state index < -0.39 is 6.10 Å². The van der Waals surface area contributed by atoms with Crippen molar-refractivity contribution in [2.24, 2.45) is 0 Å². The van der Waals surface area contributed by atoms with Crippen molar-refractivity contribution >= 4 is 17.5 Å². The van der Waals surface area contributed by atoms with Crippen molar-refractivity contribution in [1.82, 2.24) is 20.5 Å². The molecule has 168 valence electrons. The Kier molecular flexibility index (Phi) is 7.17. The first-order valence-corrected chi connectivity index (χ1v) is 11.2. The normalized spacial score (nSPS) is 12.8. The molecule has 33 heavy (non-hydrogen) atoms. The summed E-state index contributed by atoms with van der Waals surface area (Å²) < 4.78 is 0. The lowest BCUT2D eigenvalue weighted by atomic mass is 9.98. The molecule has 0 bridgehead atoms. The summed E-state index contributed by atoms with van der Waals surface area (Å²) in [5.74, 6) is -0.272. The van der Waals surface area contributed by atoms with Crippen molar-refractivity contribution in [3.63, 3.8) is 0 Å². The zero-order chi connectivity index (χ0) is 23.2. The molecule has 7 heteroatoms. The number of aliphatic hydroxyl groups excluding tert-OH is 1. The van der Waals surface area contributed by atoms with Crippen LogP contribution < -0.4 is 5.32 Å². The van der Waals surface area contributed by atoms with E-state index in [1.54, 1.807) is 19.2 Å². The quantitative estimate of drug-likeness (QED) is 0.348. The van der Waals surface area contributed by atoms with Crippen molar-refractivity contribution in [3.05, 3.63) is 95.3 Å². The highest BCUT2D eigenvalue weighted by atomic mass is 35.5. The number of amides is 1. The van der Waals surface area contributed by atoms with Crippen LogP contribution in [0.3, 0.4) is 0 Å². The van der Waals surface area contributed by atoms with Gasteiger partial charge in [0, 0.05) is 17.3 Å². The fourth-order valence-corrected chi connectivity index (χ4v) is 3.93. The summed E-state index contributed by atoms with van der Waals surface area (Å²) >= 11 is 6.10. The Labute approximate surface area is 197 Å². The molecule has 0 saturated carbocycles. The van der Waals surface area contributed by atoms with Crippen LogP contribution in [-0.2, 0) is 6.42 Å². The van der Waals surface area contributed by atoms with E-state index in [9.17, 15) is 9.90 Å². The third-order valence-corrected chi connectivity index (χ3v) is 5.54. The molecular weight excluding hydrogens is 436 g/mol. The minimum absolute atomic E-state index is 0.240. The monoisotopic (exact) mass is 460 g/mol. The fraction of sp³-hybridized carbons (Fsp3) is 0.192. The predicted octanol–water partition coefficient (Wildman–Crippen LogP) is 4.90. The number of aliphatic hydroxyl groups is 1. The second-order valence-corrected chi connectivity index (χ2v) is 8.48. The smallest absolute Gasteiger partial charge is 0.269 e. The Balaban J connectivity index is 1.45. The van der Waals surface area contributed by atoms with E-state index in [4.69, 9.17) is 11.6 Å². The van der Waals surface area contributed by atoms with Crippen LogP contribution >= 0.6 is 11.6 Å². The summed E-state index contributed by atoms with van der Waals surface area (Å²) in [6.07, 6.45) is 2.16. The number of nitrogens with one attached hydrogen (secondary N) is 2. The maximum absolute atomic E-state index is 12.8. The summed E-state index contributed by atoms with van der Waals surface area (Å²) in [5.41, 5.74) is 4.81. The molecule has 0 fully saturated rings. The standard InChI is InChI=1S/C26H25ClN4O2/c1-17(32)13-22(14-18-8-10-19(11-9-18)20-5-4-6-21(27)15-20)29-26(33)25-16-24(30-31-25)23-7-2-3-12-28-23/h2-12,15-17,22,32H,13-14H2,1H3,(H,29,33)(H,30,31)/t17-,22+/m1/s1. The molecule has 6 nitrogen and oxygen atoms in total. The van der Waals surface area contributed by atoms with Crippen LogP contribution in [0.4, 0.5) is 0 Å². The third-order valence-electron chi connectivity index (χ3n) is 5.30. The van der Waals surface area contributed by atoms with Gasteiger partial charge in [0.05, 0.1) is 11.8 Å². The van der Waals surface area contributed by atoms with Crippen molar-refractivity contribution < 1.29 is 9.90 Å². The van der Waals surface area contributed by atoms with Gasteiger partial charge < -0.3 is 10.4 Å². The minimum atomic E-state index is -0.549. The van der Waals surface area contributed by atoms with Gasteiger partial charge in [-0.2, -0.15) is 5.10 Å². The molecule has 2 heterocycles. The van der Waals surface area contributed by atoms with Gasteiger partial charge in [0.15, 0.2) is 0 Å². The molecule has 1 amide bonds. The molecule has 2 atom stereocenters. The third kappa shape index (κ3) is 6.06. The second-order valence-electron chi connectivity index (χ2n) is 8.05. The lowest BCUT2D eigenvalue weighted by molar-refractivity contribution is 0.0912. The number of aromatic nitrogens is 3. The van der Waals surface area contributed by atoms with Crippen LogP contribution in [0.15, 0.2) is 79.0 Å². The number of nitrogens with zero attached hydrogens (tertiary/aromatic N) is 2. The van der Waals surface area contributed by atoms with E-state index in [0.717, 1.165) is 16.7 Å². The average molecular weight is 461 g/mol. The highest BCUT2D eigenvalue weighted by Crippen LogP contribution is 2.23. The maximum atomic E-state index is 12.8. The molecule has 0 aliphatic rings. The molecule has 0 radical (unpaired) electrons. The van der Waals surface area contributed by atoms with Gasteiger partial charge in [-0.15, -0.1) is 0 Å². The number of carbonyl (C=O) groups excluding carboxylic acids is 1. The topological polar surface area (TPSA) is 90.9 Å². The van der Waals surface area contributed by atoms with E-state index in [0.29, 0.717) is 34.9 Å². The molecule has 2 aromatic carbocycles. The van der Waals surface area contributed by atoms with Gasteiger partial charge in [0.1, 0.15) is 11.4 Å². The number of benzene rings is 2. The highest BCUT2D eigenvalue weighted by Gasteiger charge is 2.19. The first kappa shape index (κ1) is 22.7. The van der Waals surface area contributed by atoms with Crippen molar-refractivity contribution in [2.75, 3.05) is 0 Å². The Bertz CT molecular complexity index is 1210. The zero-order valence-electron chi connectivity index (χ0n) is 18.2. The van der Waals surface area contributed by atoms with E-state index in [1.807, 2.05) is 66.7 Å². The number of aromatic amines is 1. The molecule has 0 spiro atoms. The van der Waals surface area contributed by atoms with Gasteiger partial charge in [0.25, 0.3) is 5.91 Å². The second kappa shape index (κ2) is 10.4. The maximum Gasteiger partial charge on any atom is 0.269 e. The van der Waals surface area contributed by atoms with Crippen molar-refractivity contribution in [2.45, 2.75) is 31.9 Å². The Hall–Kier alpha value is -3.48. The van der Waals surface area contributed by atoms with Crippen LogP contribution in [0.1, 0.15) is 29.4 Å². The SMILES string of the molecule is C[C@@H](O)C[C@@H](Cc1ccc(-c2cccc(Cl)c2)cc1)NC(=O)c1cc(-c2ccccn2)n[nH]1. The van der Waals surface area contributed by atoms with Crippen molar-refractivity contribution in [1.29, 1.82) is 0 Å². The van der Waals surface area contributed by atoms with Gasteiger partial charge in [-0.1, -0.05) is 54.1 Å². The van der Waals surface area contributed by atoms with Gasteiger partial charge in [-0.25, -0.2) is 0 Å². The van der Waals surface area contributed by atoms with E-state index in [1.165, 1.54) is 0 Å². The largest absolute Gasteiger partial charge is 0.393 e. The van der Waals surface area contributed by atoms with Gasteiger partial charge in [0.2, 0.25) is 0 Å². The number of halogens is 1. The van der Waals surface area contributed by atoms with E-state index in [-0.39, 0.29) is 11.9 Å². The molecule has 3 N–H and O–H groups in total. The molecule has 2 aromatic heterocycles. The summed E-state index contributed by atoms with van der Waals surface area (Å²) in [5, 5.41) is 20.7. The number of hydrogen-bond donors (Lipinski definition) is 3. The van der Waals surface area contributed by atoms with Crippen LogP contribution in [0, 0.1) is 0 Å². The molecule has 0 unspecified atom stereocenters. The molecule has 0 saturated heterocycles. The fourth-order valence-electron chi connectivity index (χ4n) is 3.74. The Morgan fingerprint density at radius 3 is 2.55 bits per heavy atom. The summed E-state index contributed by atoms with van der Waals surface area (Å²) in [6.45, 7) is 1.72. The van der Waals surface area contributed by atoms with E-state index in [2.05, 4.69) is 20.5 Å². The number of pyridine rings is 1. The number of hydrogen-bond acceptors (Lipinski definition) is 4. The number of rotatable bonds is 8. The van der Waals surface area contributed by atoms with Crippen LogP contribution in [0.25, 0.3) is 22.5 Å². The van der Waals surface area contributed by atoms with E-state index >= 15 is 0 Å². The number of H-pyrrole nitrogens is 1. The van der Waals surface area contributed by atoms with Crippen LogP contribution in [0.2, 0.25) is 5.02 Å². The summed E-state index contributed by atoms with van der Waals surface area (Å²) in [6, 6.07) is 22.8. The Morgan fingerprint density at radius 1 is 1.03 bits per heavy atom. The molecule has 4 aromatic rings. The zero-order valence-corrected chi connectivity index (χ0v) is 19.0. The van der Waals surface area contributed by atoms with Gasteiger partial charge >= 0.3 is 0 Å². The highest BCUT2D eigenvalue weighted by molar-refractivity contribution is 6.30. The molecule has 0 aliphatic heterocycles. The minimum Gasteiger partial charge on any atom is -0.393 e. The van der Waals surface area contributed by atoms with Gasteiger partial charge in [-0.3, -0.25) is 14.9 Å². The molecule has 4 rings (SSSR count). The first-order valence-electron chi connectivity index (χ1n) is 10.8. The van der Waals surface area contributed by atoms with Crippen molar-refractivity contribution in [3.8, 4) is 22.5 Å². The van der Waals surface area contributed by atoms with Crippen LogP contribution in [0.5, 0.6) is 0 Å². The lowest BCUT2D eigenvalue weighted by Crippen LogP contribution is -2.38. The Morgan fingerprint density at radius 2 is 1.85 bits per heavy atom. The number of carbonyl (C=O) groups is 1. The molecule has 0 aliphatic carbocycles. The van der Waals surface area contributed by atoms with Crippen LogP contribution in [-0.4, -0.2) is 38.3 Å². The first-order chi connectivity index (χ1) is 16.0. The summed E-state index contributed by atoms with van der Waals surface area (Å²) in [4.78, 5) is 17.1. The molecular formula is C26H25ClN4O2. The average Bonchev–Trinajstić information content (AvgIpc) is 3.30. The van der Waals surface area contributed by atoms with Gasteiger partial charge in [-0.05, 0) is 66.8 Å². The predicted molar refractivity (Wildman–Crippen MR) is 130 cm³/mol.